The van der Waals surface area contributed by atoms with Crippen LogP contribution < -0.4 is 10.5 Å². The smallest absolute Gasteiger partial charge is 0.131 e. The molecule has 0 bridgehead atoms. The van der Waals surface area contributed by atoms with E-state index in [1.165, 1.54) is 5.56 Å². The SMILES string of the molecule is Nc1ccc(OCc2csc(-c3ccsc3)n2)cc1. The highest BCUT2D eigenvalue weighted by atomic mass is 32.1. The predicted octanol–water partition coefficient (Wildman–Crippen LogP) is 4.03. The van der Waals surface area contributed by atoms with Crippen LogP contribution >= 0.6 is 22.7 Å². The fourth-order valence-corrected chi connectivity index (χ4v) is 3.13. The van der Waals surface area contributed by atoms with E-state index in [2.05, 4.69) is 21.8 Å². The van der Waals surface area contributed by atoms with Crippen LogP contribution in [0, 0.1) is 0 Å². The van der Waals surface area contributed by atoms with Gasteiger partial charge in [-0.2, -0.15) is 11.3 Å². The van der Waals surface area contributed by atoms with E-state index in [-0.39, 0.29) is 0 Å². The Bertz CT molecular complexity index is 644. The van der Waals surface area contributed by atoms with Crippen molar-refractivity contribution in [2.24, 2.45) is 0 Å². The first-order valence-electron chi connectivity index (χ1n) is 5.76. The second-order valence-corrected chi connectivity index (χ2v) is 5.65. The van der Waals surface area contributed by atoms with Crippen LogP contribution in [0.15, 0.2) is 46.5 Å². The van der Waals surface area contributed by atoms with Crippen LogP contribution in [-0.2, 0) is 6.61 Å². The third-order valence-electron chi connectivity index (χ3n) is 2.59. The lowest BCUT2D eigenvalue weighted by atomic mass is 10.3. The quantitative estimate of drug-likeness (QED) is 0.737. The van der Waals surface area contributed by atoms with E-state index in [0.717, 1.165) is 22.1 Å². The Balaban J connectivity index is 1.66. The van der Waals surface area contributed by atoms with Gasteiger partial charge < -0.3 is 10.5 Å². The monoisotopic (exact) mass is 288 g/mol. The lowest BCUT2D eigenvalue weighted by molar-refractivity contribution is 0.302. The van der Waals surface area contributed by atoms with Gasteiger partial charge in [0.25, 0.3) is 0 Å². The van der Waals surface area contributed by atoms with Crippen LogP contribution in [0.3, 0.4) is 0 Å². The molecule has 0 unspecified atom stereocenters. The molecule has 96 valence electrons. The van der Waals surface area contributed by atoms with Crippen molar-refractivity contribution in [3.05, 3.63) is 52.2 Å². The Labute approximate surface area is 119 Å². The molecule has 5 heteroatoms. The van der Waals surface area contributed by atoms with Gasteiger partial charge in [-0.05, 0) is 35.7 Å². The predicted molar refractivity (Wildman–Crippen MR) is 80.6 cm³/mol. The highest BCUT2D eigenvalue weighted by Crippen LogP contribution is 2.26. The number of rotatable bonds is 4. The van der Waals surface area contributed by atoms with Crippen LogP contribution in [0.4, 0.5) is 5.69 Å². The van der Waals surface area contributed by atoms with Gasteiger partial charge in [0.15, 0.2) is 0 Å². The van der Waals surface area contributed by atoms with Gasteiger partial charge in [0, 0.05) is 22.0 Å². The number of thiophene rings is 1. The molecule has 0 aliphatic heterocycles. The summed E-state index contributed by atoms with van der Waals surface area (Å²) in [6.45, 7) is 0.477. The van der Waals surface area contributed by atoms with E-state index in [4.69, 9.17) is 10.5 Å². The van der Waals surface area contributed by atoms with Crippen molar-refractivity contribution in [2.45, 2.75) is 6.61 Å². The van der Waals surface area contributed by atoms with Crippen molar-refractivity contribution >= 4 is 28.4 Å². The maximum atomic E-state index is 5.67. The third-order valence-corrected chi connectivity index (χ3v) is 4.21. The molecule has 2 N–H and O–H groups in total. The lowest BCUT2D eigenvalue weighted by Crippen LogP contribution is -1.95. The van der Waals surface area contributed by atoms with Gasteiger partial charge in [0.2, 0.25) is 0 Å². The molecule has 0 fully saturated rings. The average Bonchev–Trinajstić information content (AvgIpc) is 3.09. The first-order chi connectivity index (χ1) is 9.31. The van der Waals surface area contributed by atoms with Gasteiger partial charge in [-0.15, -0.1) is 11.3 Å². The normalized spacial score (nSPS) is 10.5. The van der Waals surface area contributed by atoms with E-state index in [1.807, 2.05) is 29.6 Å². The summed E-state index contributed by atoms with van der Waals surface area (Å²) in [6, 6.07) is 9.46. The standard InChI is InChI=1S/C14H12N2OS2/c15-11-1-3-13(4-2-11)17-7-12-9-19-14(16-12)10-5-6-18-8-10/h1-6,8-9H,7,15H2. The van der Waals surface area contributed by atoms with Crippen molar-refractivity contribution in [1.29, 1.82) is 0 Å². The van der Waals surface area contributed by atoms with Crippen molar-refractivity contribution in [3.8, 4) is 16.3 Å². The molecule has 0 amide bonds. The number of benzene rings is 1. The Morgan fingerprint density at radius 3 is 2.68 bits per heavy atom. The molecule has 0 saturated carbocycles. The molecule has 0 spiro atoms. The van der Waals surface area contributed by atoms with Crippen molar-refractivity contribution in [3.63, 3.8) is 0 Å². The summed E-state index contributed by atoms with van der Waals surface area (Å²) >= 11 is 3.32. The van der Waals surface area contributed by atoms with Gasteiger partial charge in [0.1, 0.15) is 17.4 Å². The van der Waals surface area contributed by atoms with E-state index in [1.54, 1.807) is 22.7 Å². The van der Waals surface area contributed by atoms with Crippen LogP contribution in [0.5, 0.6) is 5.75 Å². The molecule has 1 aromatic carbocycles. The van der Waals surface area contributed by atoms with Crippen LogP contribution in [0.25, 0.3) is 10.6 Å². The van der Waals surface area contributed by atoms with E-state index in [9.17, 15) is 0 Å². The topological polar surface area (TPSA) is 48.1 Å². The Kier molecular flexibility index (Phi) is 3.48. The molecule has 19 heavy (non-hydrogen) atoms. The summed E-state index contributed by atoms with van der Waals surface area (Å²) in [6.07, 6.45) is 0. The number of aromatic nitrogens is 1. The number of thiazole rings is 1. The van der Waals surface area contributed by atoms with E-state index < -0.39 is 0 Å². The molecule has 2 aromatic heterocycles. The van der Waals surface area contributed by atoms with Gasteiger partial charge in [-0.1, -0.05) is 0 Å². The summed E-state index contributed by atoms with van der Waals surface area (Å²) in [7, 11) is 0. The molecule has 3 aromatic rings. The molecule has 2 heterocycles. The van der Waals surface area contributed by atoms with Gasteiger partial charge >= 0.3 is 0 Å². The Morgan fingerprint density at radius 2 is 1.95 bits per heavy atom. The molecule has 0 aliphatic rings. The maximum Gasteiger partial charge on any atom is 0.131 e. The van der Waals surface area contributed by atoms with Gasteiger partial charge in [0.05, 0.1) is 5.69 Å². The molecule has 0 radical (unpaired) electrons. The zero-order valence-corrected chi connectivity index (χ0v) is 11.7. The van der Waals surface area contributed by atoms with Crippen LogP contribution in [0.2, 0.25) is 0 Å². The summed E-state index contributed by atoms with van der Waals surface area (Å²) in [5.74, 6) is 0.805. The minimum absolute atomic E-state index is 0.477. The molecular formula is C14H12N2OS2. The Hall–Kier alpha value is -1.85. The van der Waals surface area contributed by atoms with Crippen molar-refractivity contribution in [1.82, 2.24) is 4.98 Å². The zero-order chi connectivity index (χ0) is 13.1. The fourth-order valence-electron chi connectivity index (χ4n) is 1.61. The summed E-state index contributed by atoms with van der Waals surface area (Å²) < 4.78 is 5.67. The highest BCUT2D eigenvalue weighted by Gasteiger charge is 2.05. The molecule has 3 nitrogen and oxygen atoms in total. The van der Waals surface area contributed by atoms with Crippen LogP contribution in [-0.4, -0.2) is 4.98 Å². The van der Waals surface area contributed by atoms with Gasteiger partial charge in [-0.25, -0.2) is 4.98 Å². The first kappa shape index (κ1) is 12.2. The molecule has 3 rings (SSSR count). The average molecular weight is 288 g/mol. The minimum atomic E-state index is 0.477. The molecule has 0 saturated heterocycles. The number of nitrogens with two attached hydrogens (primary N) is 1. The largest absolute Gasteiger partial charge is 0.487 e. The van der Waals surface area contributed by atoms with Gasteiger partial charge in [-0.3, -0.25) is 0 Å². The Morgan fingerprint density at radius 1 is 1.11 bits per heavy atom. The van der Waals surface area contributed by atoms with E-state index in [0.29, 0.717) is 6.61 Å². The minimum Gasteiger partial charge on any atom is -0.487 e. The summed E-state index contributed by atoms with van der Waals surface area (Å²) in [4.78, 5) is 4.56. The van der Waals surface area contributed by atoms with Crippen molar-refractivity contribution < 1.29 is 4.74 Å². The fraction of sp³-hybridized carbons (Fsp3) is 0.0714. The van der Waals surface area contributed by atoms with Crippen LogP contribution in [0.1, 0.15) is 5.69 Å². The van der Waals surface area contributed by atoms with E-state index >= 15 is 0 Å². The number of nitrogen functional groups attached to an aromatic ring is 1. The third kappa shape index (κ3) is 2.94. The maximum absolute atomic E-state index is 5.67. The molecule has 0 atom stereocenters. The first-order valence-corrected chi connectivity index (χ1v) is 7.59. The summed E-state index contributed by atoms with van der Waals surface area (Å²) in [5.41, 5.74) is 8.49. The van der Waals surface area contributed by atoms with Crippen molar-refractivity contribution in [2.75, 3.05) is 5.73 Å². The number of anilines is 1. The number of hydrogen-bond donors (Lipinski definition) is 1. The molecule has 0 aliphatic carbocycles. The lowest BCUT2D eigenvalue weighted by Gasteiger charge is -2.03. The number of hydrogen-bond acceptors (Lipinski definition) is 5. The number of ether oxygens (including phenoxy) is 1. The second-order valence-electron chi connectivity index (χ2n) is 4.01. The zero-order valence-electron chi connectivity index (χ0n) is 10.1. The summed E-state index contributed by atoms with van der Waals surface area (Å²) in [5, 5.41) is 7.23. The number of nitrogens with zero attached hydrogens (tertiary/aromatic N) is 1. The molecular weight excluding hydrogens is 276 g/mol. The second kappa shape index (κ2) is 5.42. The highest BCUT2D eigenvalue weighted by molar-refractivity contribution is 7.14.